The van der Waals surface area contributed by atoms with Crippen molar-refractivity contribution >= 4 is 11.8 Å². The molecule has 0 unspecified atom stereocenters. The lowest BCUT2D eigenvalue weighted by Gasteiger charge is -2.06. The van der Waals surface area contributed by atoms with Crippen LogP contribution in [0.2, 0.25) is 0 Å². The molecule has 1 heterocycles. The Morgan fingerprint density at radius 2 is 1.67 bits per heavy atom. The normalized spacial score (nSPS) is 9.90. The van der Waals surface area contributed by atoms with E-state index >= 15 is 0 Å². The fourth-order valence-corrected chi connectivity index (χ4v) is 1.78. The quantitative estimate of drug-likeness (QED) is 0.832. The number of carbonyl (C=O) groups is 2. The predicted octanol–water partition coefficient (Wildman–Crippen LogP) is 1.06. The molecule has 1 aromatic heterocycles. The summed E-state index contributed by atoms with van der Waals surface area (Å²) < 4.78 is 0. The van der Waals surface area contributed by atoms with Crippen LogP contribution in [0, 0.1) is 0 Å². The van der Waals surface area contributed by atoms with Gasteiger partial charge in [0.25, 0.3) is 0 Å². The third-order valence-electron chi connectivity index (χ3n) is 2.85. The number of hydrogen-bond acceptors (Lipinski definition) is 3. The van der Waals surface area contributed by atoms with E-state index < -0.39 is 0 Å². The van der Waals surface area contributed by atoms with Gasteiger partial charge in [-0.25, -0.2) is 0 Å². The van der Waals surface area contributed by atoms with Gasteiger partial charge in [-0.05, 0) is 17.7 Å². The summed E-state index contributed by atoms with van der Waals surface area (Å²) in [6.07, 6.45) is 1.94. The molecular weight excluding hydrogens is 266 g/mol. The van der Waals surface area contributed by atoms with Crippen molar-refractivity contribution < 1.29 is 9.59 Å². The molecule has 2 N–H and O–H groups in total. The Morgan fingerprint density at radius 3 is 2.38 bits per heavy atom. The first kappa shape index (κ1) is 14.7. The Hall–Kier alpha value is -2.69. The van der Waals surface area contributed by atoms with Gasteiger partial charge in [-0.2, -0.15) is 0 Å². The maximum absolute atomic E-state index is 11.7. The van der Waals surface area contributed by atoms with Crippen LogP contribution in [0.25, 0.3) is 0 Å². The minimum absolute atomic E-state index is 0.0293. The molecule has 2 rings (SSSR count). The molecule has 1 aromatic carbocycles. The van der Waals surface area contributed by atoms with Crippen molar-refractivity contribution in [3.63, 3.8) is 0 Å². The molecule has 0 aliphatic heterocycles. The topological polar surface area (TPSA) is 71.1 Å². The number of carbonyl (C=O) groups excluding carboxylic acids is 2. The van der Waals surface area contributed by atoms with E-state index in [4.69, 9.17) is 0 Å². The number of amides is 2. The van der Waals surface area contributed by atoms with Crippen LogP contribution in [-0.4, -0.2) is 23.3 Å². The Labute approximate surface area is 123 Å². The molecule has 0 aliphatic carbocycles. The number of benzene rings is 1. The number of hydrogen-bond donors (Lipinski definition) is 2. The van der Waals surface area contributed by atoms with Gasteiger partial charge < -0.3 is 10.6 Å². The predicted molar refractivity (Wildman–Crippen MR) is 79.2 cm³/mol. The van der Waals surface area contributed by atoms with Gasteiger partial charge in [-0.1, -0.05) is 36.4 Å². The molecule has 0 radical (unpaired) electrons. The minimum atomic E-state index is -0.234. The summed E-state index contributed by atoms with van der Waals surface area (Å²) in [4.78, 5) is 27.4. The third-order valence-corrected chi connectivity index (χ3v) is 2.85. The van der Waals surface area contributed by atoms with Gasteiger partial charge in [0.15, 0.2) is 0 Å². The minimum Gasteiger partial charge on any atom is -0.349 e. The summed E-state index contributed by atoms with van der Waals surface area (Å²) in [6, 6.07) is 14.9. The van der Waals surface area contributed by atoms with Gasteiger partial charge in [0.2, 0.25) is 11.8 Å². The maximum Gasteiger partial charge on any atom is 0.239 e. The Morgan fingerprint density at radius 1 is 0.905 bits per heavy atom. The van der Waals surface area contributed by atoms with Crippen LogP contribution < -0.4 is 10.6 Å². The lowest BCUT2D eigenvalue weighted by atomic mass is 10.1. The Kier molecular flexibility index (Phi) is 5.46. The van der Waals surface area contributed by atoms with Gasteiger partial charge >= 0.3 is 0 Å². The van der Waals surface area contributed by atoms with E-state index in [1.807, 2.05) is 48.5 Å². The first-order valence-corrected chi connectivity index (χ1v) is 6.71. The van der Waals surface area contributed by atoms with Crippen LogP contribution in [0.1, 0.15) is 11.3 Å². The van der Waals surface area contributed by atoms with Gasteiger partial charge in [0.1, 0.15) is 0 Å². The summed E-state index contributed by atoms with van der Waals surface area (Å²) in [6.45, 7) is 0.326. The molecule has 0 spiro atoms. The van der Waals surface area contributed by atoms with Crippen molar-refractivity contribution in [3.05, 3.63) is 66.0 Å². The van der Waals surface area contributed by atoms with E-state index in [1.165, 1.54) is 0 Å². The first-order valence-electron chi connectivity index (χ1n) is 6.71. The standard InChI is InChI=1S/C16H17N3O2/c20-15(10-13-6-2-1-3-7-13)19-12-16(21)18-11-14-8-4-5-9-17-14/h1-9H,10-12H2,(H,18,21)(H,19,20). The molecule has 5 heteroatoms. The average Bonchev–Trinajstić information content (AvgIpc) is 2.53. The summed E-state index contributed by atoms with van der Waals surface area (Å²) >= 11 is 0. The third kappa shape index (κ3) is 5.44. The first-order chi connectivity index (χ1) is 10.2. The largest absolute Gasteiger partial charge is 0.349 e. The zero-order valence-corrected chi connectivity index (χ0v) is 11.6. The highest BCUT2D eigenvalue weighted by Crippen LogP contribution is 1.98. The van der Waals surface area contributed by atoms with Crippen molar-refractivity contribution in [1.29, 1.82) is 0 Å². The van der Waals surface area contributed by atoms with Crippen LogP contribution >= 0.6 is 0 Å². The summed E-state index contributed by atoms with van der Waals surface area (Å²) in [5.74, 6) is -0.406. The van der Waals surface area contributed by atoms with Crippen LogP contribution in [0.15, 0.2) is 54.7 Å². The van der Waals surface area contributed by atoms with E-state index in [0.29, 0.717) is 6.54 Å². The van der Waals surface area contributed by atoms with Crippen molar-refractivity contribution in [2.75, 3.05) is 6.54 Å². The molecule has 21 heavy (non-hydrogen) atoms. The van der Waals surface area contributed by atoms with Crippen molar-refractivity contribution in [2.24, 2.45) is 0 Å². The molecule has 2 amide bonds. The number of nitrogens with one attached hydrogen (secondary N) is 2. The zero-order chi connectivity index (χ0) is 14.9. The van der Waals surface area contributed by atoms with Gasteiger partial charge in [0, 0.05) is 6.20 Å². The fourth-order valence-electron chi connectivity index (χ4n) is 1.78. The molecule has 0 atom stereocenters. The van der Waals surface area contributed by atoms with Crippen LogP contribution in [0.5, 0.6) is 0 Å². The highest BCUT2D eigenvalue weighted by atomic mass is 16.2. The smallest absolute Gasteiger partial charge is 0.239 e. The molecule has 0 fully saturated rings. The van der Waals surface area contributed by atoms with E-state index in [9.17, 15) is 9.59 Å². The van der Waals surface area contributed by atoms with Crippen molar-refractivity contribution in [2.45, 2.75) is 13.0 Å². The molecule has 2 aromatic rings. The monoisotopic (exact) mass is 283 g/mol. The van der Waals surface area contributed by atoms with Crippen molar-refractivity contribution in [3.8, 4) is 0 Å². The Balaban J connectivity index is 1.68. The highest BCUT2D eigenvalue weighted by molar-refractivity contribution is 5.85. The number of aromatic nitrogens is 1. The highest BCUT2D eigenvalue weighted by Gasteiger charge is 2.06. The van der Waals surface area contributed by atoms with Gasteiger partial charge in [-0.15, -0.1) is 0 Å². The molecule has 0 aliphatic rings. The summed E-state index contributed by atoms with van der Waals surface area (Å²) in [7, 11) is 0. The lowest BCUT2D eigenvalue weighted by molar-refractivity contribution is -0.125. The SMILES string of the molecule is O=C(CNC(=O)Cc1ccccc1)NCc1ccccn1. The van der Waals surface area contributed by atoms with E-state index in [2.05, 4.69) is 15.6 Å². The van der Waals surface area contributed by atoms with Crippen LogP contribution in [0.3, 0.4) is 0 Å². The maximum atomic E-state index is 11.7. The van der Waals surface area contributed by atoms with E-state index in [1.54, 1.807) is 6.20 Å². The zero-order valence-electron chi connectivity index (χ0n) is 11.6. The second-order valence-corrected chi connectivity index (χ2v) is 4.54. The molecular formula is C16H17N3O2. The number of rotatable bonds is 6. The van der Waals surface area contributed by atoms with E-state index in [-0.39, 0.29) is 24.8 Å². The van der Waals surface area contributed by atoms with Gasteiger partial charge in [0.05, 0.1) is 25.2 Å². The van der Waals surface area contributed by atoms with Gasteiger partial charge in [-0.3, -0.25) is 14.6 Å². The van der Waals surface area contributed by atoms with Crippen LogP contribution in [-0.2, 0) is 22.6 Å². The fraction of sp³-hybridized carbons (Fsp3) is 0.188. The average molecular weight is 283 g/mol. The number of pyridine rings is 1. The molecule has 5 nitrogen and oxygen atoms in total. The Bertz CT molecular complexity index is 585. The second-order valence-electron chi connectivity index (χ2n) is 4.54. The molecule has 0 saturated carbocycles. The second kappa shape index (κ2) is 7.79. The van der Waals surface area contributed by atoms with Crippen LogP contribution in [0.4, 0.5) is 0 Å². The summed E-state index contributed by atoms with van der Waals surface area (Å²) in [5, 5.41) is 5.30. The lowest BCUT2D eigenvalue weighted by Crippen LogP contribution is -2.37. The van der Waals surface area contributed by atoms with E-state index in [0.717, 1.165) is 11.3 Å². The molecule has 0 bridgehead atoms. The number of nitrogens with zero attached hydrogens (tertiary/aromatic N) is 1. The molecule has 108 valence electrons. The molecule has 0 saturated heterocycles. The summed E-state index contributed by atoms with van der Waals surface area (Å²) in [5.41, 5.74) is 1.70. The van der Waals surface area contributed by atoms with Crippen molar-refractivity contribution in [1.82, 2.24) is 15.6 Å².